The largest absolute Gasteiger partial charge is 1.00 e. The van der Waals surface area contributed by atoms with Crippen LogP contribution in [0.5, 0.6) is 0 Å². The van der Waals surface area contributed by atoms with Gasteiger partial charge in [-0.2, -0.15) is 8.42 Å². The molecule has 0 aliphatic carbocycles. The Morgan fingerprint density at radius 3 is 1.91 bits per heavy atom. The van der Waals surface area contributed by atoms with E-state index in [1.165, 1.54) is 0 Å². The van der Waals surface area contributed by atoms with Gasteiger partial charge in [0.25, 0.3) is 10.1 Å². The molecule has 0 bridgehead atoms. The van der Waals surface area contributed by atoms with Gasteiger partial charge in [-0.05, 0) is 30.0 Å². The molecule has 9 nitrogen and oxygen atoms in total. The standard InChI is InChI=1S/C12H14O9S.Na.H/c13-3-1-6-5-8(11(15)16)10(22(19,20)21)9(12(17)18)7(6)2-4-14;;/h5,13-14H,1-4H2,(H,15,16)(H,17,18)(H,19,20,21);;/q;+1;-1. The van der Waals surface area contributed by atoms with Gasteiger partial charge in [-0.25, -0.2) is 9.59 Å². The van der Waals surface area contributed by atoms with E-state index >= 15 is 0 Å². The third kappa shape index (κ3) is 4.98. The van der Waals surface area contributed by atoms with Crippen LogP contribution in [-0.4, -0.2) is 58.5 Å². The first-order valence-corrected chi connectivity index (χ1v) is 7.43. The molecule has 124 valence electrons. The summed E-state index contributed by atoms with van der Waals surface area (Å²) >= 11 is 0. The van der Waals surface area contributed by atoms with E-state index in [-0.39, 0.29) is 55.0 Å². The third-order valence-electron chi connectivity index (χ3n) is 2.92. The molecule has 1 aromatic rings. The van der Waals surface area contributed by atoms with Crippen LogP contribution in [0, 0.1) is 0 Å². The molecule has 0 spiro atoms. The number of carboxylic acids is 2. The Kier molecular flexibility index (Phi) is 8.35. The van der Waals surface area contributed by atoms with Gasteiger partial charge in [-0.3, -0.25) is 4.55 Å². The molecule has 23 heavy (non-hydrogen) atoms. The minimum absolute atomic E-state index is 0. The SMILES string of the molecule is O=C(O)c1cc(CCO)c(CCO)c(C(=O)O)c1S(=O)(=O)O.[H-].[Na+]. The predicted molar refractivity (Wildman–Crippen MR) is 72.9 cm³/mol. The summed E-state index contributed by atoms with van der Waals surface area (Å²) in [5.74, 6) is -3.51. The first-order valence-electron chi connectivity index (χ1n) is 5.99. The van der Waals surface area contributed by atoms with Gasteiger partial charge in [-0.15, -0.1) is 0 Å². The van der Waals surface area contributed by atoms with Crippen molar-refractivity contribution in [1.82, 2.24) is 0 Å². The van der Waals surface area contributed by atoms with Crippen molar-refractivity contribution in [1.29, 1.82) is 0 Å². The van der Waals surface area contributed by atoms with Gasteiger partial charge in [-0.1, -0.05) is 0 Å². The van der Waals surface area contributed by atoms with Crippen LogP contribution in [0.3, 0.4) is 0 Å². The molecule has 5 N–H and O–H groups in total. The zero-order valence-corrected chi connectivity index (χ0v) is 15.0. The van der Waals surface area contributed by atoms with E-state index in [1.54, 1.807) is 0 Å². The van der Waals surface area contributed by atoms with Crippen LogP contribution in [0.15, 0.2) is 11.0 Å². The van der Waals surface area contributed by atoms with Crippen LogP contribution in [0.4, 0.5) is 0 Å². The average Bonchev–Trinajstić information content (AvgIpc) is 2.38. The number of hydrogen-bond donors (Lipinski definition) is 5. The molecule has 1 aromatic carbocycles. The fourth-order valence-corrected chi connectivity index (χ4v) is 3.05. The molecule has 0 aromatic heterocycles. The number of aromatic carboxylic acids is 2. The van der Waals surface area contributed by atoms with Gasteiger partial charge in [0.05, 0.1) is 11.1 Å². The number of carboxylic acid groups (broad SMARTS) is 2. The van der Waals surface area contributed by atoms with Crippen LogP contribution in [0.1, 0.15) is 33.3 Å². The van der Waals surface area contributed by atoms with Crippen molar-refractivity contribution in [3.05, 3.63) is 28.3 Å². The molecule has 1 rings (SSSR count). The fraction of sp³-hybridized carbons (Fsp3) is 0.333. The molecule has 0 heterocycles. The van der Waals surface area contributed by atoms with E-state index in [4.69, 9.17) is 15.3 Å². The molecule has 11 heteroatoms. The van der Waals surface area contributed by atoms with E-state index in [2.05, 4.69) is 0 Å². The summed E-state index contributed by atoms with van der Waals surface area (Å²) in [5, 5.41) is 36.3. The molecule has 0 amide bonds. The number of hydrogen-bond acceptors (Lipinski definition) is 6. The van der Waals surface area contributed by atoms with Crippen LogP contribution >= 0.6 is 0 Å². The molecule has 0 saturated carbocycles. The van der Waals surface area contributed by atoms with Gasteiger partial charge in [0, 0.05) is 13.2 Å². The molecular formula is C12H15NaO9S. The fourth-order valence-electron chi connectivity index (χ4n) is 2.15. The summed E-state index contributed by atoms with van der Waals surface area (Å²) in [6.07, 6.45) is -0.416. The summed E-state index contributed by atoms with van der Waals surface area (Å²) in [4.78, 5) is 21.3. The number of aliphatic hydroxyl groups is 2. The summed E-state index contributed by atoms with van der Waals surface area (Å²) in [5.41, 5.74) is -1.91. The Bertz CT molecular complexity index is 718. The Morgan fingerprint density at radius 1 is 1.04 bits per heavy atom. The molecule has 0 aliphatic heterocycles. The van der Waals surface area contributed by atoms with E-state index in [9.17, 15) is 27.7 Å². The summed E-state index contributed by atoms with van der Waals surface area (Å²) < 4.78 is 32.0. The van der Waals surface area contributed by atoms with Crippen molar-refractivity contribution in [2.24, 2.45) is 0 Å². The topological polar surface area (TPSA) is 169 Å². The van der Waals surface area contributed by atoms with Crippen molar-refractivity contribution < 1.29 is 74.0 Å². The predicted octanol–water partition coefficient (Wildman–Crippen LogP) is -3.48. The van der Waals surface area contributed by atoms with Gasteiger partial charge < -0.3 is 21.9 Å². The molecule has 0 fully saturated rings. The number of rotatable bonds is 7. The normalized spacial score (nSPS) is 10.9. The smallest absolute Gasteiger partial charge is 1.00 e. The maximum absolute atomic E-state index is 11.4. The zero-order chi connectivity index (χ0) is 17.1. The van der Waals surface area contributed by atoms with Crippen molar-refractivity contribution in [2.75, 3.05) is 13.2 Å². The maximum Gasteiger partial charge on any atom is 1.00 e. The van der Waals surface area contributed by atoms with Gasteiger partial charge in [0.15, 0.2) is 0 Å². The molecule has 0 unspecified atom stereocenters. The second kappa shape index (κ2) is 8.73. The second-order valence-corrected chi connectivity index (χ2v) is 5.66. The van der Waals surface area contributed by atoms with Gasteiger partial charge in [0.1, 0.15) is 4.90 Å². The molecule has 0 aliphatic rings. The minimum atomic E-state index is -5.13. The Hall–Kier alpha value is -1.01. The first kappa shape index (κ1) is 22.0. The maximum atomic E-state index is 11.4. The summed E-state index contributed by atoms with van der Waals surface area (Å²) in [6.45, 7) is -0.974. The van der Waals surface area contributed by atoms with E-state index < -0.39 is 51.3 Å². The van der Waals surface area contributed by atoms with Crippen LogP contribution in [0.25, 0.3) is 0 Å². The molecule has 0 atom stereocenters. The molecular weight excluding hydrogens is 343 g/mol. The van der Waals surface area contributed by atoms with Crippen molar-refractivity contribution in [3.63, 3.8) is 0 Å². The molecule has 0 saturated heterocycles. The average molecular weight is 358 g/mol. The van der Waals surface area contributed by atoms with E-state index in [0.29, 0.717) is 0 Å². The van der Waals surface area contributed by atoms with Crippen molar-refractivity contribution in [2.45, 2.75) is 17.7 Å². The van der Waals surface area contributed by atoms with Crippen LogP contribution < -0.4 is 29.6 Å². The van der Waals surface area contributed by atoms with Crippen molar-refractivity contribution in [3.8, 4) is 0 Å². The summed E-state index contributed by atoms with van der Waals surface area (Å²) in [6, 6.07) is 0.874. The first-order chi connectivity index (χ1) is 10.1. The van der Waals surface area contributed by atoms with Crippen molar-refractivity contribution >= 4 is 22.1 Å². The zero-order valence-electron chi connectivity index (χ0n) is 13.2. The van der Waals surface area contributed by atoms with Gasteiger partial charge in [0.2, 0.25) is 0 Å². The summed E-state index contributed by atoms with van der Waals surface area (Å²) in [7, 11) is -5.13. The second-order valence-electron chi connectivity index (χ2n) is 4.30. The Balaban J connectivity index is 0. The number of benzene rings is 1. The number of aliphatic hydroxyl groups excluding tert-OH is 2. The number of carbonyl (C=O) groups is 2. The third-order valence-corrected chi connectivity index (χ3v) is 3.86. The monoisotopic (exact) mass is 358 g/mol. The van der Waals surface area contributed by atoms with Crippen LogP contribution in [0.2, 0.25) is 0 Å². The van der Waals surface area contributed by atoms with E-state index in [0.717, 1.165) is 6.07 Å². The Morgan fingerprint density at radius 2 is 1.57 bits per heavy atom. The Labute approximate surface area is 155 Å². The van der Waals surface area contributed by atoms with Crippen LogP contribution in [-0.2, 0) is 23.0 Å². The van der Waals surface area contributed by atoms with E-state index in [1.807, 2.05) is 0 Å². The van der Waals surface area contributed by atoms with Gasteiger partial charge >= 0.3 is 41.5 Å². The quantitative estimate of drug-likeness (QED) is 0.245. The molecule has 0 radical (unpaired) electrons. The minimum Gasteiger partial charge on any atom is -1.00 e.